The third-order valence-electron chi connectivity index (χ3n) is 6.64. The number of hydrogen-bond donors (Lipinski definition) is 1. The molecule has 0 aliphatic carbocycles. The summed E-state index contributed by atoms with van der Waals surface area (Å²) in [5.74, 6) is 0.410. The summed E-state index contributed by atoms with van der Waals surface area (Å²) in [6, 6.07) is 23.6. The molecule has 0 bridgehead atoms. The first-order chi connectivity index (χ1) is 18.4. The van der Waals surface area contributed by atoms with Crippen LogP contribution in [0.25, 0.3) is 11.0 Å². The monoisotopic (exact) mass is 514 g/mol. The molecule has 0 atom stereocenters. The highest BCUT2D eigenvalue weighted by atomic mass is 19.1. The van der Waals surface area contributed by atoms with Crippen LogP contribution in [0.3, 0.4) is 0 Å². The van der Waals surface area contributed by atoms with Gasteiger partial charge in [-0.3, -0.25) is 9.59 Å². The predicted octanol–water partition coefficient (Wildman–Crippen LogP) is 5.76. The number of amides is 2. The number of aromatic nitrogens is 2. The molecule has 6 nitrogen and oxygen atoms in total. The van der Waals surface area contributed by atoms with Gasteiger partial charge >= 0.3 is 0 Å². The van der Waals surface area contributed by atoms with Crippen molar-refractivity contribution in [3.05, 3.63) is 102 Å². The van der Waals surface area contributed by atoms with Gasteiger partial charge < -0.3 is 14.8 Å². The van der Waals surface area contributed by atoms with Gasteiger partial charge in [-0.25, -0.2) is 9.37 Å². The van der Waals surface area contributed by atoms with Crippen LogP contribution >= 0.6 is 0 Å². The Labute approximate surface area is 223 Å². The van der Waals surface area contributed by atoms with E-state index in [1.165, 1.54) is 24.3 Å². The number of carbonyl (C=O) groups is 2. The zero-order valence-electron chi connectivity index (χ0n) is 22.1. The van der Waals surface area contributed by atoms with E-state index in [4.69, 9.17) is 4.98 Å². The normalized spacial score (nSPS) is 11.2. The van der Waals surface area contributed by atoms with Gasteiger partial charge in [-0.2, -0.15) is 0 Å². The number of unbranched alkanes of at least 4 members (excludes halogenated alkanes) is 2. The average Bonchev–Trinajstić information content (AvgIpc) is 3.26. The number of para-hydroxylation sites is 2. The molecule has 2 amide bonds. The van der Waals surface area contributed by atoms with Gasteiger partial charge in [0.2, 0.25) is 5.91 Å². The topological polar surface area (TPSA) is 67.2 Å². The molecule has 1 N–H and O–H groups in total. The summed E-state index contributed by atoms with van der Waals surface area (Å²) in [5.41, 5.74) is 3.41. The summed E-state index contributed by atoms with van der Waals surface area (Å²) < 4.78 is 15.1. The molecule has 0 aliphatic rings. The van der Waals surface area contributed by atoms with E-state index < -0.39 is 0 Å². The van der Waals surface area contributed by atoms with Crippen LogP contribution in [0.5, 0.6) is 0 Å². The van der Waals surface area contributed by atoms with Crippen LogP contribution in [0.2, 0.25) is 0 Å². The SMILES string of the molecule is CC(C)N(Cc1ccccc1)C(=O)Cn1c(CCCCCNC(=O)c2ccc(F)cc2)nc2ccccc21. The Hall–Kier alpha value is -4.00. The maximum absolute atomic E-state index is 13.5. The molecule has 7 heteroatoms. The Morgan fingerprint density at radius 3 is 2.37 bits per heavy atom. The maximum Gasteiger partial charge on any atom is 0.251 e. The lowest BCUT2D eigenvalue weighted by molar-refractivity contribution is -0.134. The van der Waals surface area contributed by atoms with E-state index in [0.717, 1.165) is 48.1 Å². The van der Waals surface area contributed by atoms with Crippen LogP contribution in [0.4, 0.5) is 4.39 Å². The molecule has 3 aromatic carbocycles. The maximum atomic E-state index is 13.5. The van der Waals surface area contributed by atoms with Crippen molar-refractivity contribution >= 4 is 22.8 Å². The fourth-order valence-electron chi connectivity index (χ4n) is 4.55. The van der Waals surface area contributed by atoms with Crippen molar-refractivity contribution < 1.29 is 14.0 Å². The zero-order chi connectivity index (χ0) is 26.9. The van der Waals surface area contributed by atoms with Crippen LogP contribution in [0.1, 0.15) is 54.9 Å². The number of benzene rings is 3. The second kappa shape index (κ2) is 13.0. The third kappa shape index (κ3) is 7.06. The number of fused-ring (bicyclic) bond motifs is 1. The smallest absolute Gasteiger partial charge is 0.251 e. The van der Waals surface area contributed by atoms with Crippen LogP contribution in [-0.2, 0) is 24.3 Å². The molecular weight excluding hydrogens is 479 g/mol. The van der Waals surface area contributed by atoms with Crippen molar-refractivity contribution in [2.24, 2.45) is 0 Å². The molecule has 1 aromatic heterocycles. The fraction of sp³-hybridized carbons (Fsp3) is 0.323. The van der Waals surface area contributed by atoms with Crippen LogP contribution in [0, 0.1) is 5.82 Å². The van der Waals surface area contributed by atoms with Crippen molar-refractivity contribution in [3.8, 4) is 0 Å². The number of halogens is 1. The van der Waals surface area contributed by atoms with Gasteiger partial charge in [0.05, 0.1) is 11.0 Å². The zero-order valence-corrected chi connectivity index (χ0v) is 22.1. The Balaban J connectivity index is 1.35. The highest BCUT2D eigenvalue weighted by Gasteiger charge is 2.20. The number of carbonyl (C=O) groups excluding carboxylic acids is 2. The lowest BCUT2D eigenvalue weighted by Crippen LogP contribution is -2.38. The van der Waals surface area contributed by atoms with Gasteiger partial charge in [0.15, 0.2) is 0 Å². The van der Waals surface area contributed by atoms with E-state index in [0.29, 0.717) is 18.7 Å². The van der Waals surface area contributed by atoms with Crippen molar-refractivity contribution in [3.63, 3.8) is 0 Å². The van der Waals surface area contributed by atoms with E-state index in [9.17, 15) is 14.0 Å². The summed E-state index contributed by atoms with van der Waals surface area (Å²) in [4.78, 5) is 32.4. The molecule has 0 saturated carbocycles. The van der Waals surface area contributed by atoms with E-state index in [2.05, 4.69) is 5.32 Å². The molecule has 198 valence electrons. The van der Waals surface area contributed by atoms with Crippen molar-refractivity contribution in [2.45, 2.75) is 58.7 Å². The van der Waals surface area contributed by atoms with Crippen molar-refractivity contribution in [1.82, 2.24) is 19.8 Å². The lowest BCUT2D eigenvalue weighted by atomic mass is 10.1. The molecule has 0 saturated heterocycles. The Kier molecular flexibility index (Phi) is 9.25. The summed E-state index contributed by atoms with van der Waals surface area (Å²) >= 11 is 0. The van der Waals surface area contributed by atoms with Crippen LogP contribution < -0.4 is 5.32 Å². The van der Waals surface area contributed by atoms with E-state index in [1.807, 2.05) is 77.9 Å². The number of imidazole rings is 1. The summed E-state index contributed by atoms with van der Waals surface area (Å²) in [6.07, 6.45) is 3.37. The lowest BCUT2D eigenvalue weighted by Gasteiger charge is -2.27. The van der Waals surface area contributed by atoms with Gasteiger partial charge in [0.1, 0.15) is 18.2 Å². The first-order valence-electron chi connectivity index (χ1n) is 13.2. The first-order valence-corrected chi connectivity index (χ1v) is 13.2. The van der Waals surface area contributed by atoms with Gasteiger partial charge in [0, 0.05) is 31.1 Å². The third-order valence-corrected chi connectivity index (χ3v) is 6.64. The minimum atomic E-state index is -0.359. The summed E-state index contributed by atoms with van der Waals surface area (Å²) in [5, 5.41) is 2.89. The van der Waals surface area contributed by atoms with Gasteiger partial charge in [-0.15, -0.1) is 0 Å². The molecule has 38 heavy (non-hydrogen) atoms. The molecule has 0 fully saturated rings. The van der Waals surface area contributed by atoms with E-state index >= 15 is 0 Å². The number of nitrogens with one attached hydrogen (secondary N) is 1. The van der Waals surface area contributed by atoms with Gasteiger partial charge in [-0.05, 0) is 68.7 Å². The van der Waals surface area contributed by atoms with E-state index in [1.54, 1.807) is 0 Å². The number of nitrogens with zero attached hydrogens (tertiary/aromatic N) is 3. The molecule has 0 spiro atoms. The second-order valence-corrected chi connectivity index (χ2v) is 9.78. The number of aryl methyl sites for hydroxylation is 1. The summed E-state index contributed by atoms with van der Waals surface area (Å²) in [7, 11) is 0. The van der Waals surface area contributed by atoms with Crippen LogP contribution in [-0.4, -0.2) is 38.9 Å². The molecule has 1 heterocycles. The second-order valence-electron chi connectivity index (χ2n) is 9.78. The van der Waals surface area contributed by atoms with E-state index in [-0.39, 0.29) is 30.2 Å². The van der Waals surface area contributed by atoms with Gasteiger partial charge in [-0.1, -0.05) is 48.9 Å². The number of hydrogen-bond acceptors (Lipinski definition) is 3. The molecular formula is C31H35FN4O2. The Morgan fingerprint density at radius 1 is 0.921 bits per heavy atom. The molecule has 0 unspecified atom stereocenters. The summed E-state index contributed by atoms with van der Waals surface area (Å²) in [6.45, 7) is 5.46. The predicted molar refractivity (Wildman–Crippen MR) is 148 cm³/mol. The highest BCUT2D eigenvalue weighted by molar-refractivity contribution is 5.94. The standard InChI is InChI=1S/C31H35FN4O2/c1-23(2)35(21-24-11-5-3-6-12-24)30(37)22-36-28-14-9-8-13-27(28)34-29(36)15-7-4-10-20-33-31(38)25-16-18-26(32)19-17-25/h3,5-6,8-9,11-14,16-19,23H,4,7,10,15,20-22H2,1-2H3,(H,33,38). The highest BCUT2D eigenvalue weighted by Crippen LogP contribution is 2.19. The van der Waals surface area contributed by atoms with Crippen LogP contribution in [0.15, 0.2) is 78.9 Å². The molecule has 4 aromatic rings. The first kappa shape index (κ1) is 27.0. The molecule has 4 rings (SSSR count). The minimum absolute atomic E-state index is 0.0664. The average molecular weight is 515 g/mol. The molecule has 0 radical (unpaired) electrons. The fourth-order valence-corrected chi connectivity index (χ4v) is 4.55. The Morgan fingerprint density at radius 2 is 1.63 bits per heavy atom. The Bertz CT molecular complexity index is 1350. The largest absolute Gasteiger partial charge is 0.352 e. The van der Waals surface area contributed by atoms with Crippen molar-refractivity contribution in [1.29, 1.82) is 0 Å². The number of rotatable bonds is 12. The van der Waals surface area contributed by atoms with Crippen molar-refractivity contribution in [2.75, 3.05) is 6.54 Å². The molecule has 0 aliphatic heterocycles. The quantitative estimate of drug-likeness (QED) is 0.245. The van der Waals surface area contributed by atoms with Gasteiger partial charge in [0.25, 0.3) is 5.91 Å². The minimum Gasteiger partial charge on any atom is -0.352 e.